The largest absolute Gasteiger partial charge is 0.476 e. The van der Waals surface area contributed by atoms with Crippen LogP contribution in [0.2, 0.25) is 0 Å². The maximum absolute atomic E-state index is 5.96. The molecule has 2 heterocycles. The Bertz CT molecular complexity index is 1120. The lowest BCUT2D eigenvalue weighted by Crippen LogP contribution is -2.30. The first kappa shape index (κ1) is 18.8. The lowest BCUT2D eigenvalue weighted by molar-refractivity contribution is 0.209. The Labute approximate surface area is 177 Å². The van der Waals surface area contributed by atoms with Crippen LogP contribution in [0.4, 0.5) is 0 Å². The third-order valence-electron chi connectivity index (χ3n) is 5.77. The molecule has 0 aliphatic carbocycles. The first-order valence-corrected chi connectivity index (χ1v) is 10.6. The zero-order valence-corrected chi connectivity index (χ0v) is 16.9. The Hall–Kier alpha value is -3.24. The van der Waals surface area contributed by atoms with Gasteiger partial charge in [-0.1, -0.05) is 60.7 Å². The molecule has 1 aliphatic heterocycles. The highest BCUT2D eigenvalue weighted by Crippen LogP contribution is 2.27. The van der Waals surface area contributed by atoms with Gasteiger partial charge in [-0.2, -0.15) is 0 Å². The van der Waals surface area contributed by atoms with E-state index in [0.29, 0.717) is 18.4 Å². The Morgan fingerprint density at radius 1 is 0.767 bits per heavy atom. The fraction of sp³-hybridized carbons (Fsp3) is 0.231. The second-order valence-electron chi connectivity index (χ2n) is 7.86. The molecule has 1 aliphatic rings. The Kier molecular flexibility index (Phi) is 5.40. The molecule has 0 saturated carbocycles. The zero-order chi connectivity index (χ0) is 20.2. The molecule has 1 aromatic heterocycles. The second-order valence-corrected chi connectivity index (χ2v) is 7.86. The van der Waals surface area contributed by atoms with Crippen LogP contribution in [0.15, 0.2) is 79.0 Å². The summed E-state index contributed by atoms with van der Waals surface area (Å²) in [5.74, 6) is 1.20. The van der Waals surface area contributed by atoms with Gasteiger partial charge >= 0.3 is 0 Å². The van der Waals surface area contributed by atoms with E-state index in [2.05, 4.69) is 71.0 Å². The summed E-state index contributed by atoms with van der Waals surface area (Å²) in [4.78, 5) is 9.24. The van der Waals surface area contributed by atoms with E-state index >= 15 is 0 Å². The van der Waals surface area contributed by atoms with E-state index in [-0.39, 0.29) is 0 Å². The van der Waals surface area contributed by atoms with Crippen LogP contribution in [0, 0.1) is 5.92 Å². The molecular formula is C26H25N3O. The highest BCUT2D eigenvalue weighted by Gasteiger charge is 2.14. The van der Waals surface area contributed by atoms with E-state index in [0.717, 1.165) is 42.5 Å². The Morgan fingerprint density at radius 3 is 2.20 bits per heavy atom. The molecule has 0 atom stereocenters. The minimum absolute atomic E-state index is 0.596. The first-order chi connectivity index (χ1) is 14.8. The van der Waals surface area contributed by atoms with Crippen LogP contribution >= 0.6 is 0 Å². The van der Waals surface area contributed by atoms with E-state index in [1.165, 1.54) is 16.7 Å². The van der Waals surface area contributed by atoms with Crippen LogP contribution in [0.1, 0.15) is 12.8 Å². The highest BCUT2D eigenvalue weighted by molar-refractivity contribution is 5.82. The molecule has 1 N–H and O–H groups in total. The summed E-state index contributed by atoms with van der Waals surface area (Å²) in [5.41, 5.74) is 6.49. The minimum Gasteiger partial charge on any atom is -0.476 e. The van der Waals surface area contributed by atoms with Gasteiger partial charge in [0.05, 0.1) is 23.8 Å². The summed E-state index contributed by atoms with van der Waals surface area (Å²) in [6.07, 6.45) is 4.05. The van der Waals surface area contributed by atoms with Crippen molar-refractivity contribution in [3.8, 4) is 28.1 Å². The normalized spacial score (nSPS) is 14.7. The summed E-state index contributed by atoms with van der Waals surface area (Å²) in [6.45, 7) is 2.86. The van der Waals surface area contributed by atoms with Crippen molar-refractivity contribution in [2.24, 2.45) is 5.92 Å². The number of nitrogens with one attached hydrogen (secondary N) is 1. The van der Waals surface area contributed by atoms with Gasteiger partial charge in [-0.05, 0) is 66.2 Å². The molecule has 0 bridgehead atoms. The zero-order valence-electron chi connectivity index (χ0n) is 16.9. The molecular weight excluding hydrogens is 370 g/mol. The molecule has 0 amide bonds. The van der Waals surface area contributed by atoms with Crippen molar-refractivity contribution in [1.82, 2.24) is 15.3 Å². The molecule has 4 aromatic rings. The summed E-state index contributed by atoms with van der Waals surface area (Å²) < 4.78 is 5.96. The quantitative estimate of drug-likeness (QED) is 0.495. The van der Waals surface area contributed by atoms with Crippen molar-refractivity contribution in [1.29, 1.82) is 0 Å². The molecule has 1 fully saturated rings. The highest BCUT2D eigenvalue weighted by atomic mass is 16.5. The van der Waals surface area contributed by atoms with Gasteiger partial charge in [0.1, 0.15) is 0 Å². The molecule has 0 spiro atoms. The van der Waals surface area contributed by atoms with E-state index in [4.69, 9.17) is 9.72 Å². The number of hydrogen-bond acceptors (Lipinski definition) is 4. The van der Waals surface area contributed by atoms with Crippen molar-refractivity contribution in [2.45, 2.75) is 12.8 Å². The predicted octanol–water partition coefficient (Wildman–Crippen LogP) is 5.34. The topological polar surface area (TPSA) is 47.0 Å². The average molecular weight is 396 g/mol. The average Bonchev–Trinajstić information content (AvgIpc) is 2.83. The molecule has 0 radical (unpaired) electrons. The Balaban J connectivity index is 1.35. The van der Waals surface area contributed by atoms with Gasteiger partial charge in [0.25, 0.3) is 0 Å². The summed E-state index contributed by atoms with van der Waals surface area (Å²) >= 11 is 0. The summed E-state index contributed by atoms with van der Waals surface area (Å²) in [6, 6.07) is 25.3. The van der Waals surface area contributed by atoms with Gasteiger partial charge in [0.2, 0.25) is 5.88 Å². The van der Waals surface area contributed by atoms with Gasteiger partial charge in [0, 0.05) is 0 Å². The van der Waals surface area contributed by atoms with E-state index in [1.54, 1.807) is 6.20 Å². The van der Waals surface area contributed by atoms with Crippen molar-refractivity contribution < 1.29 is 4.74 Å². The number of fused-ring (bicyclic) bond motifs is 1. The number of nitrogens with zero attached hydrogens (tertiary/aromatic N) is 2. The van der Waals surface area contributed by atoms with Gasteiger partial charge in [-0.3, -0.25) is 0 Å². The van der Waals surface area contributed by atoms with Crippen LogP contribution in [0.25, 0.3) is 33.3 Å². The van der Waals surface area contributed by atoms with Crippen LogP contribution in [-0.2, 0) is 0 Å². The number of ether oxygens (including phenoxy) is 1. The fourth-order valence-corrected chi connectivity index (χ4v) is 3.98. The van der Waals surface area contributed by atoms with Crippen molar-refractivity contribution >= 4 is 11.0 Å². The maximum Gasteiger partial charge on any atom is 0.232 e. The number of hydrogen-bond donors (Lipinski definition) is 1. The standard InChI is InChI=1S/C26H25N3O/c1-2-4-20(5-3-1)21-6-8-22(9-7-21)23-10-11-24-25(16-23)29-26(17-28-24)30-18-19-12-14-27-15-13-19/h1-11,16-17,19,27H,12-15,18H2. The number of piperidine rings is 1. The minimum atomic E-state index is 0.596. The Morgan fingerprint density at radius 2 is 1.43 bits per heavy atom. The maximum atomic E-state index is 5.96. The van der Waals surface area contributed by atoms with Gasteiger partial charge in [-0.15, -0.1) is 0 Å². The van der Waals surface area contributed by atoms with Gasteiger partial charge in [-0.25, -0.2) is 9.97 Å². The molecule has 5 rings (SSSR count). The third-order valence-corrected chi connectivity index (χ3v) is 5.77. The molecule has 1 saturated heterocycles. The SMILES string of the molecule is c1ccc(-c2ccc(-c3ccc4ncc(OCC5CCNCC5)nc4c3)cc2)cc1. The van der Waals surface area contributed by atoms with Gasteiger partial charge < -0.3 is 10.1 Å². The van der Waals surface area contributed by atoms with Crippen LogP contribution in [0.3, 0.4) is 0 Å². The molecule has 30 heavy (non-hydrogen) atoms. The lowest BCUT2D eigenvalue weighted by Gasteiger charge is -2.22. The number of benzene rings is 3. The summed E-state index contributed by atoms with van der Waals surface area (Å²) in [5, 5.41) is 3.39. The smallest absolute Gasteiger partial charge is 0.232 e. The van der Waals surface area contributed by atoms with E-state index < -0.39 is 0 Å². The monoisotopic (exact) mass is 395 g/mol. The lowest BCUT2D eigenvalue weighted by atomic mass is 9.99. The van der Waals surface area contributed by atoms with Crippen LogP contribution in [0.5, 0.6) is 5.88 Å². The van der Waals surface area contributed by atoms with Gasteiger partial charge in [0.15, 0.2) is 0 Å². The molecule has 4 heteroatoms. The summed E-state index contributed by atoms with van der Waals surface area (Å²) in [7, 11) is 0. The predicted molar refractivity (Wildman–Crippen MR) is 121 cm³/mol. The van der Waals surface area contributed by atoms with Crippen molar-refractivity contribution in [2.75, 3.05) is 19.7 Å². The number of rotatable bonds is 5. The van der Waals surface area contributed by atoms with E-state index in [9.17, 15) is 0 Å². The third kappa shape index (κ3) is 4.19. The van der Waals surface area contributed by atoms with E-state index in [1.807, 2.05) is 12.1 Å². The second kappa shape index (κ2) is 8.64. The molecule has 4 nitrogen and oxygen atoms in total. The van der Waals surface area contributed by atoms with Crippen molar-refractivity contribution in [3.63, 3.8) is 0 Å². The number of aromatic nitrogens is 2. The van der Waals surface area contributed by atoms with Crippen molar-refractivity contribution in [3.05, 3.63) is 79.0 Å². The molecule has 3 aromatic carbocycles. The fourth-order valence-electron chi connectivity index (χ4n) is 3.98. The first-order valence-electron chi connectivity index (χ1n) is 10.6. The van der Waals surface area contributed by atoms with Crippen LogP contribution in [-0.4, -0.2) is 29.7 Å². The molecule has 0 unspecified atom stereocenters. The molecule has 150 valence electrons. The van der Waals surface area contributed by atoms with Crippen LogP contribution < -0.4 is 10.1 Å².